The minimum atomic E-state index is 0.222. The average Bonchev–Trinajstić information content (AvgIpc) is 3.52. The molecule has 1 N–H and O–H groups in total. The number of pyridine rings is 1. The van der Waals surface area contributed by atoms with Crippen molar-refractivity contribution in [1.82, 2.24) is 34.3 Å². The molecule has 156 valence electrons. The van der Waals surface area contributed by atoms with Gasteiger partial charge in [0.25, 0.3) is 0 Å². The van der Waals surface area contributed by atoms with Gasteiger partial charge in [0.15, 0.2) is 11.6 Å². The van der Waals surface area contributed by atoms with Gasteiger partial charge in [0, 0.05) is 43.1 Å². The first-order chi connectivity index (χ1) is 15.2. The molecular weight excluding hydrogens is 392 g/mol. The van der Waals surface area contributed by atoms with Gasteiger partial charge in [-0.15, -0.1) is 5.10 Å². The number of fused-ring (bicyclic) bond motifs is 2. The van der Waals surface area contributed by atoms with Gasteiger partial charge in [-0.1, -0.05) is 0 Å². The summed E-state index contributed by atoms with van der Waals surface area (Å²) in [6, 6.07) is 10.4. The zero-order chi connectivity index (χ0) is 20.9. The van der Waals surface area contributed by atoms with Gasteiger partial charge >= 0.3 is 0 Å². The lowest BCUT2D eigenvalue weighted by Crippen LogP contribution is -2.44. The molecule has 5 aromatic rings. The van der Waals surface area contributed by atoms with Crippen molar-refractivity contribution in [3.05, 3.63) is 48.9 Å². The zero-order valence-corrected chi connectivity index (χ0v) is 17.4. The summed E-state index contributed by atoms with van der Waals surface area (Å²) < 4.78 is 9.51. The Hall–Kier alpha value is -3.72. The van der Waals surface area contributed by atoms with E-state index in [9.17, 15) is 0 Å². The maximum Gasteiger partial charge on any atom is 0.182 e. The fourth-order valence-corrected chi connectivity index (χ4v) is 4.32. The number of nitrogens with one attached hydrogen (secondary N) is 1. The van der Waals surface area contributed by atoms with Crippen molar-refractivity contribution in [3.63, 3.8) is 0 Å². The number of hydrogen-bond donors (Lipinski definition) is 1. The third-order valence-electron chi connectivity index (χ3n) is 5.92. The fourth-order valence-electron chi connectivity index (χ4n) is 4.32. The van der Waals surface area contributed by atoms with Gasteiger partial charge < -0.3 is 14.6 Å². The monoisotopic (exact) mass is 414 g/mol. The molecule has 31 heavy (non-hydrogen) atoms. The van der Waals surface area contributed by atoms with Gasteiger partial charge in [-0.05, 0) is 37.3 Å². The van der Waals surface area contributed by atoms with Crippen molar-refractivity contribution in [3.8, 4) is 22.8 Å². The normalized spacial score (nSPS) is 17.1. The predicted octanol–water partition coefficient (Wildman–Crippen LogP) is 2.90. The predicted molar refractivity (Wildman–Crippen MR) is 118 cm³/mol. The highest BCUT2D eigenvalue weighted by atomic mass is 16.5. The van der Waals surface area contributed by atoms with Crippen LogP contribution in [0.5, 0.6) is 0 Å². The van der Waals surface area contributed by atoms with Crippen molar-refractivity contribution in [2.24, 2.45) is 7.05 Å². The number of aromatic amines is 1. The molecule has 5 aromatic heterocycles. The Balaban J connectivity index is 1.64. The van der Waals surface area contributed by atoms with Crippen molar-refractivity contribution < 1.29 is 4.74 Å². The molecule has 0 amide bonds. The lowest BCUT2D eigenvalue weighted by molar-refractivity contribution is 0.0986. The van der Waals surface area contributed by atoms with Gasteiger partial charge in [-0.3, -0.25) is 4.68 Å². The molecule has 9 nitrogen and oxygen atoms in total. The number of ether oxygens (including phenoxy) is 1. The molecule has 0 bridgehead atoms. The number of hydrogen-bond acceptors (Lipinski definition) is 6. The van der Waals surface area contributed by atoms with E-state index in [0.717, 1.165) is 45.9 Å². The van der Waals surface area contributed by atoms with Crippen molar-refractivity contribution >= 4 is 22.4 Å². The van der Waals surface area contributed by atoms with E-state index in [1.807, 2.05) is 40.6 Å². The summed E-state index contributed by atoms with van der Waals surface area (Å²) in [6.45, 7) is 4.31. The van der Waals surface area contributed by atoms with Crippen molar-refractivity contribution in [1.29, 1.82) is 0 Å². The van der Waals surface area contributed by atoms with Crippen LogP contribution in [-0.4, -0.2) is 60.1 Å². The number of H-pyrrole nitrogens is 1. The summed E-state index contributed by atoms with van der Waals surface area (Å²) in [6.07, 6.45) is 5.48. The summed E-state index contributed by atoms with van der Waals surface area (Å²) >= 11 is 0. The minimum absolute atomic E-state index is 0.222. The smallest absolute Gasteiger partial charge is 0.182 e. The van der Waals surface area contributed by atoms with Gasteiger partial charge in [0.1, 0.15) is 11.2 Å². The molecule has 1 fully saturated rings. The van der Waals surface area contributed by atoms with E-state index >= 15 is 0 Å². The molecule has 0 aromatic carbocycles. The van der Waals surface area contributed by atoms with E-state index < -0.39 is 0 Å². The number of rotatable bonds is 3. The van der Waals surface area contributed by atoms with E-state index in [-0.39, 0.29) is 6.04 Å². The summed E-state index contributed by atoms with van der Waals surface area (Å²) in [5.41, 5.74) is 4.70. The van der Waals surface area contributed by atoms with E-state index in [2.05, 4.69) is 39.0 Å². The third kappa shape index (κ3) is 2.81. The van der Waals surface area contributed by atoms with Crippen molar-refractivity contribution in [2.45, 2.75) is 13.0 Å². The highest BCUT2D eigenvalue weighted by Gasteiger charge is 2.25. The number of nitrogens with zero attached hydrogens (tertiary/aromatic N) is 7. The largest absolute Gasteiger partial charge is 0.377 e. The van der Waals surface area contributed by atoms with Gasteiger partial charge in [-0.2, -0.15) is 5.10 Å². The summed E-state index contributed by atoms with van der Waals surface area (Å²) in [7, 11) is 1.94. The first kappa shape index (κ1) is 18.1. The van der Waals surface area contributed by atoms with Crippen LogP contribution in [0.1, 0.15) is 6.92 Å². The Morgan fingerprint density at radius 1 is 1.10 bits per heavy atom. The van der Waals surface area contributed by atoms with Crippen LogP contribution in [0.25, 0.3) is 39.3 Å². The number of anilines is 1. The van der Waals surface area contributed by atoms with Crippen molar-refractivity contribution in [2.75, 3.05) is 24.7 Å². The van der Waals surface area contributed by atoms with E-state index in [1.165, 1.54) is 0 Å². The molecule has 6 heterocycles. The molecular formula is C22H22N8O. The Labute approximate surface area is 178 Å². The topological polar surface area (TPSA) is 89.2 Å². The second kappa shape index (κ2) is 6.92. The fraction of sp³-hybridized carbons (Fsp3) is 0.273. The average molecular weight is 414 g/mol. The summed E-state index contributed by atoms with van der Waals surface area (Å²) in [5.74, 6) is 1.57. The molecule has 1 saturated heterocycles. The number of morpholine rings is 1. The Bertz CT molecular complexity index is 1400. The molecule has 0 aliphatic carbocycles. The molecule has 0 spiro atoms. The highest BCUT2D eigenvalue weighted by Crippen LogP contribution is 2.32. The van der Waals surface area contributed by atoms with Gasteiger partial charge in [-0.25, -0.2) is 14.5 Å². The second-order valence-electron chi connectivity index (χ2n) is 7.83. The van der Waals surface area contributed by atoms with Crippen LogP contribution in [-0.2, 0) is 11.8 Å². The molecule has 0 unspecified atom stereocenters. The van der Waals surface area contributed by atoms with Crippen LogP contribution < -0.4 is 4.90 Å². The number of aryl methyl sites for hydroxylation is 1. The van der Waals surface area contributed by atoms with Gasteiger partial charge in [0.2, 0.25) is 0 Å². The summed E-state index contributed by atoms with van der Waals surface area (Å²) in [5, 5.41) is 10.3. The molecule has 1 atom stereocenters. The van der Waals surface area contributed by atoms with Crippen LogP contribution in [0.2, 0.25) is 0 Å². The number of aromatic nitrogens is 7. The van der Waals surface area contributed by atoms with Crippen LogP contribution in [0.3, 0.4) is 0 Å². The van der Waals surface area contributed by atoms with Crippen LogP contribution in [0.15, 0.2) is 48.9 Å². The molecule has 9 heteroatoms. The highest BCUT2D eigenvalue weighted by molar-refractivity contribution is 5.91. The maximum absolute atomic E-state index is 5.67. The standard InChI is InChI=1S/C22H22N8O/c1-14-13-31-12-11-29(14)22-19-4-3-18(17-7-10-25-28(17)2)30(19)27-21(26-22)16-6-9-24-20-15(16)5-8-23-20/h3-10,14H,11-13H2,1-2H3,(H,23,24)/t14-/m1/s1. The first-order valence-electron chi connectivity index (χ1n) is 10.4. The van der Waals surface area contributed by atoms with Crippen LogP contribution in [0, 0.1) is 0 Å². The summed E-state index contributed by atoms with van der Waals surface area (Å²) in [4.78, 5) is 15.0. The van der Waals surface area contributed by atoms with Crippen LogP contribution >= 0.6 is 0 Å². The molecule has 0 radical (unpaired) electrons. The molecule has 6 rings (SSSR count). The Morgan fingerprint density at radius 2 is 2.03 bits per heavy atom. The second-order valence-corrected chi connectivity index (χ2v) is 7.83. The lowest BCUT2D eigenvalue weighted by Gasteiger charge is -2.34. The first-order valence-corrected chi connectivity index (χ1v) is 10.4. The SMILES string of the molecule is C[C@@H]1COCCN1c1nc(-c2ccnc3[nH]ccc23)nn2c(-c3ccnn3C)ccc12. The Morgan fingerprint density at radius 3 is 2.87 bits per heavy atom. The lowest BCUT2D eigenvalue weighted by atomic mass is 10.2. The zero-order valence-electron chi connectivity index (χ0n) is 17.4. The van der Waals surface area contributed by atoms with E-state index in [0.29, 0.717) is 19.0 Å². The minimum Gasteiger partial charge on any atom is -0.377 e. The van der Waals surface area contributed by atoms with E-state index in [1.54, 1.807) is 12.4 Å². The van der Waals surface area contributed by atoms with Gasteiger partial charge in [0.05, 0.1) is 30.6 Å². The molecule has 1 aliphatic heterocycles. The van der Waals surface area contributed by atoms with Crippen LogP contribution in [0.4, 0.5) is 5.82 Å². The Kier molecular flexibility index (Phi) is 4.03. The molecule has 1 aliphatic rings. The van der Waals surface area contributed by atoms with E-state index in [4.69, 9.17) is 14.8 Å². The third-order valence-corrected chi connectivity index (χ3v) is 5.92. The maximum atomic E-state index is 5.67. The quantitative estimate of drug-likeness (QED) is 0.488. The molecule has 0 saturated carbocycles.